The van der Waals surface area contributed by atoms with Crippen LogP contribution in [0.1, 0.15) is 0 Å². The summed E-state index contributed by atoms with van der Waals surface area (Å²) >= 11 is 0. The van der Waals surface area contributed by atoms with Crippen molar-refractivity contribution >= 4 is 17.3 Å². The topological polar surface area (TPSA) is 101 Å². The highest BCUT2D eigenvalue weighted by atomic mass is 16.7. The number of rotatable bonds is 1. The summed E-state index contributed by atoms with van der Waals surface area (Å²) < 4.78 is 4.38. The molecule has 7 nitrogen and oxygen atoms in total. The second-order valence-electron chi connectivity index (χ2n) is 2.15. The molecule has 0 atom stereocenters. The van der Waals surface area contributed by atoms with Gasteiger partial charge in [0.25, 0.3) is 5.88 Å². The summed E-state index contributed by atoms with van der Waals surface area (Å²) in [5, 5.41) is 8.35. The van der Waals surface area contributed by atoms with Gasteiger partial charge in [0, 0.05) is 0 Å². The Morgan fingerprint density at radius 3 is 3.08 bits per heavy atom. The van der Waals surface area contributed by atoms with E-state index in [9.17, 15) is 4.79 Å². The molecule has 2 heterocycles. The lowest BCUT2D eigenvalue weighted by molar-refractivity contribution is 0.143. The molecule has 0 bridgehead atoms. The number of carboxylic acid groups (broad SMARTS) is 1. The first-order valence-electron chi connectivity index (χ1n) is 3.32. The molecule has 0 spiro atoms. The molecule has 0 aliphatic rings. The van der Waals surface area contributed by atoms with Crippen LogP contribution >= 0.6 is 0 Å². The molecule has 0 unspecified atom stereocenters. The number of aromatic amines is 1. The molecule has 0 saturated heterocycles. The van der Waals surface area contributed by atoms with E-state index < -0.39 is 6.16 Å². The normalized spacial score (nSPS) is 10.2. The van der Waals surface area contributed by atoms with Crippen LogP contribution in [0, 0.1) is 0 Å². The number of hydrogen-bond acceptors (Lipinski definition) is 5. The Kier molecular flexibility index (Phi) is 1.55. The van der Waals surface area contributed by atoms with Gasteiger partial charge in [-0.15, -0.1) is 0 Å². The fourth-order valence-electron chi connectivity index (χ4n) is 0.903. The molecule has 2 aromatic rings. The highest BCUT2D eigenvalue weighted by Crippen LogP contribution is 2.16. The zero-order valence-corrected chi connectivity index (χ0v) is 6.26. The summed E-state index contributed by atoms with van der Waals surface area (Å²) in [7, 11) is 0. The Morgan fingerprint density at radius 2 is 2.31 bits per heavy atom. The van der Waals surface area contributed by atoms with E-state index >= 15 is 0 Å². The molecular weight excluding hydrogens is 176 g/mol. The van der Waals surface area contributed by atoms with Gasteiger partial charge >= 0.3 is 6.16 Å². The molecule has 2 N–H and O–H groups in total. The average Bonchev–Trinajstić information content (AvgIpc) is 2.51. The van der Waals surface area contributed by atoms with Gasteiger partial charge in [0.05, 0.1) is 6.33 Å². The van der Waals surface area contributed by atoms with Crippen LogP contribution in [0.5, 0.6) is 5.88 Å². The number of imidazole rings is 1. The van der Waals surface area contributed by atoms with Gasteiger partial charge in [-0.3, -0.25) is 0 Å². The number of aromatic nitrogens is 4. The zero-order valence-electron chi connectivity index (χ0n) is 6.26. The second kappa shape index (κ2) is 2.70. The highest BCUT2D eigenvalue weighted by Gasteiger charge is 2.09. The van der Waals surface area contributed by atoms with Crippen molar-refractivity contribution in [1.82, 2.24) is 19.9 Å². The molecular formula is C6H4N4O3. The van der Waals surface area contributed by atoms with Gasteiger partial charge in [0.2, 0.25) is 0 Å². The van der Waals surface area contributed by atoms with E-state index in [0.717, 1.165) is 0 Å². The first-order valence-corrected chi connectivity index (χ1v) is 3.32. The average molecular weight is 180 g/mol. The number of ether oxygens (including phenoxy) is 1. The maximum Gasteiger partial charge on any atom is 0.512 e. The van der Waals surface area contributed by atoms with Crippen molar-refractivity contribution in [1.29, 1.82) is 0 Å². The maximum atomic E-state index is 10.2. The Bertz CT molecular complexity index is 452. The number of nitrogens with one attached hydrogen (secondary N) is 1. The van der Waals surface area contributed by atoms with Gasteiger partial charge < -0.3 is 14.8 Å². The first kappa shape index (κ1) is 7.47. The van der Waals surface area contributed by atoms with Crippen molar-refractivity contribution in [3.63, 3.8) is 0 Å². The van der Waals surface area contributed by atoms with E-state index in [2.05, 4.69) is 24.7 Å². The quantitative estimate of drug-likeness (QED) is 0.616. The van der Waals surface area contributed by atoms with Crippen molar-refractivity contribution in [3.8, 4) is 5.88 Å². The van der Waals surface area contributed by atoms with Crippen LogP contribution in [0.4, 0.5) is 4.79 Å². The molecule has 0 radical (unpaired) electrons. The van der Waals surface area contributed by atoms with Gasteiger partial charge in [-0.2, -0.15) is 4.98 Å². The lowest BCUT2D eigenvalue weighted by Crippen LogP contribution is -2.05. The number of nitrogens with zero attached hydrogens (tertiary/aromatic N) is 3. The molecule has 13 heavy (non-hydrogen) atoms. The summed E-state index contributed by atoms with van der Waals surface area (Å²) in [5.74, 6) is -0.0463. The number of fused-ring (bicyclic) bond motifs is 1. The molecule has 0 saturated carbocycles. The minimum Gasteiger partial charge on any atom is -0.449 e. The van der Waals surface area contributed by atoms with Crippen LogP contribution in [0.2, 0.25) is 0 Å². The Morgan fingerprint density at radius 1 is 1.46 bits per heavy atom. The standard InChI is InChI=1S/C6H4N4O3/c11-6(12)13-5-3-4(8-1-7-3)9-2-10-5/h1-2H,(H,11,12)(H,7,8,9,10). The van der Waals surface area contributed by atoms with Crippen LogP contribution in [0.15, 0.2) is 12.7 Å². The van der Waals surface area contributed by atoms with Crippen molar-refractivity contribution in [3.05, 3.63) is 12.7 Å². The van der Waals surface area contributed by atoms with Crippen molar-refractivity contribution in [2.24, 2.45) is 0 Å². The predicted molar refractivity (Wildman–Crippen MR) is 40.3 cm³/mol. The highest BCUT2D eigenvalue weighted by molar-refractivity contribution is 5.77. The van der Waals surface area contributed by atoms with Gasteiger partial charge in [-0.25, -0.2) is 14.8 Å². The molecule has 66 valence electrons. The van der Waals surface area contributed by atoms with Gasteiger partial charge in [0.1, 0.15) is 11.8 Å². The van der Waals surface area contributed by atoms with Crippen molar-refractivity contribution in [2.75, 3.05) is 0 Å². The second-order valence-corrected chi connectivity index (χ2v) is 2.15. The third kappa shape index (κ3) is 1.26. The third-order valence-corrected chi connectivity index (χ3v) is 1.37. The largest absolute Gasteiger partial charge is 0.512 e. The monoisotopic (exact) mass is 180 g/mol. The van der Waals surface area contributed by atoms with Crippen LogP contribution in [-0.4, -0.2) is 31.2 Å². The molecule has 0 amide bonds. The van der Waals surface area contributed by atoms with Crippen molar-refractivity contribution in [2.45, 2.75) is 0 Å². The Hall–Kier alpha value is -2.18. The van der Waals surface area contributed by atoms with Gasteiger partial charge in [-0.05, 0) is 0 Å². The van der Waals surface area contributed by atoms with E-state index in [1.165, 1.54) is 12.7 Å². The Balaban J connectivity index is 2.54. The zero-order chi connectivity index (χ0) is 9.26. The van der Waals surface area contributed by atoms with Crippen LogP contribution in [0.3, 0.4) is 0 Å². The lowest BCUT2D eigenvalue weighted by atomic mass is 10.5. The summed E-state index contributed by atoms with van der Waals surface area (Å²) in [6.45, 7) is 0. The van der Waals surface area contributed by atoms with Gasteiger partial charge in [-0.1, -0.05) is 0 Å². The fraction of sp³-hybridized carbons (Fsp3) is 0. The summed E-state index contributed by atoms with van der Waals surface area (Å²) in [6.07, 6.45) is 1.14. The maximum absolute atomic E-state index is 10.2. The number of H-pyrrole nitrogens is 1. The predicted octanol–water partition coefficient (Wildman–Crippen LogP) is 0.410. The van der Waals surface area contributed by atoms with E-state index in [1.807, 2.05) is 0 Å². The molecule has 0 aromatic carbocycles. The number of carbonyl (C=O) groups is 1. The van der Waals surface area contributed by atoms with E-state index in [1.54, 1.807) is 0 Å². The van der Waals surface area contributed by atoms with E-state index in [-0.39, 0.29) is 5.88 Å². The van der Waals surface area contributed by atoms with Crippen LogP contribution in [0.25, 0.3) is 11.2 Å². The van der Waals surface area contributed by atoms with Crippen molar-refractivity contribution < 1.29 is 14.6 Å². The Labute approximate surface area is 71.4 Å². The number of hydrogen-bond donors (Lipinski definition) is 2. The molecule has 0 aliphatic heterocycles. The van der Waals surface area contributed by atoms with Crippen LogP contribution < -0.4 is 4.74 Å². The minimum atomic E-state index is -1.42. The summed E-state index contributed by atoms with van der Waals surface area (Å²) in [4.78, 5) is 24.1. The molecule has 2 aromatic heterocycles. The minimum absolute atomic E-state index is 0.0463. The lowest BCUT2D eigenvalue weighted by Gasteiger charge is -1.97. The smallest absolute Gasteiger partial charge is 0.449 e. The summed E-state index contributed by atoms with van der Waals surface area (Å²) in [5.41, 5.74) is 0.733. The molecule has 2 rings (SSSR count). The SMILES string of the molecule is O=C(O)Oc1ncnc2nc[nH]c12. The van der Waals surface area contributed by atoms with Crippen LogP contribution in [-0.2, 0) is 0 Å². The fourth-order valence-corrected chi connectivity index (χ4v) is 0.903. The van der Waals surface area contributed by atoms with E-state index in [4.69, 9.17) is 5.11 Å². The van der Waals surface area contributed by atoms with E-state index in [0.29, 0.717) is 11.2 Å². The van der Waals surface area contributed by atoms with Gasteiger partial charge in [0.15, 0.2) is 5.65 Å². The molecule has 0 fully saturated rings. The molecule has 7 heteroatoms. The first-order chi connectivity index (χ1) is 6.27. The third-order valence-electron chi connectivity index (χ3n) is 1.37. The summed E-state index contributed by atoms with van der Waals surface area (Å²) in [6, 6.07) is 0. The molecule has 0 aliphatic carbocycles.